The maximum absolute atomic E-state index is 12.8. The summed E-state index contributed by atoms with van der Waals surface area (Å²) < 4.78 is 33.3. The molecule has 10 heteroatoms. The van der Waals surface area contributed by atoms with Crippen molar-refractivity contribution in [3.05, 3.63) is 146 Å². The third kappa shape index (κ3) is 84.7. The number of esters is 2. The fourth-order valence-electron chi connectivity index (χ4n) is 12.0. The van der Waals surface area contributed by atoms with Crippen LogP contribution in [0.15, 0.2) is 146 Å². The minimum atomic E-state index is -4.41. The molecule has 0 aliphatic rings. The molecule has 580 valence electrons. The summed E-state index contributed by atoms with van der Waals surface area (Å²) in [5, 5.41) is 0. The fraction of sp³-hybridized carbons (Fsp3) is 0.714. The van der Waals surface area contributed by atoms with E-state index in [1.54, 1.807) is 0 Å². The number of ether oxygens (including phenoxy) is 2. The molecule has 9 nitrogen and oxygen atoms in total. The summed E-state index contributed by atoms with van der Waals surface area (Å²) >= 11 is 0. The van der Waals surface area contributed by atoms with E-state index in [4.69, 9.17) is 24.3 Å². The van der Waals surface area contributed by atoms with Crippen molar-refractivity contribution in [3.63, 3.8) is 0 Å². The molecule has 2 unspecified atom stereocenters. The Morgan fingerprint density at radius 2 is 0.545 bits per heavy atom. The van der Waals surface area contributed by atoms with Crippen LogP contribution >= 0.6 is 7.82 Å². The first-order chi connectivity index (χ1) is 49.8. The molecule has 2 atom stereocenters. The van der Waals surface area contributed by atoms with Crippen LogP contribution in [0.5, 0.6) is 0 Å². The second-order valence-corrected chi connectivity index (χ2v) is 29.4. The van der Waals surface area contributed by atoms with Crippen LogP contribution in [0.1, 0.15) is 386 Å². The third-order valence-electron chi connectivity index (χ3n) is 18.2. The second kappa shape index (κ2) is 84.8. The predicted molar refractivity (Wildman–Crippen MR) is 440 cm³/mol. The second-order valence-electron chi connectivity index (χ2n) is 28.0. The fourth-order valence-corrected chi connectivity index (χ4v) is 12.8. The van der Waals surface area contributed by atoms with E-state index >= 15 is 0 Å². The van der Waals surface area contributed by atoms with Crippen LogP contribution < -0.4 is 5.73 Å². The quantitative estimate of drug-likeness (QED) is 0.0264. The largest absolute Gasteiger partial charge is 0.472 e. The van der Waals surface area contributed by atoms with Crippen molar-refractivity contribution >= 4 is 19.8 Å². The zero-order valence-corrected chi connectivity index (χ0v) is 66.5. The van der Waals surface area contributed by atoms with Crippen molar-refractivity contribution in [1.29, 1.82) is 0 Å². The van der Waals surface area contributed by atoms with Gasteiger partial charge >= 0.3 is 19.8 Å². The molecular formula is C91H158NO8P. The van der Waals surface area contributed by atoms with Crippen LogP contribution in [-0.4, -0.2) is 49.3 Å². The Balaban J connectivity index is 3.81. The Morgan fingerprint density at radius 1 is 0.307 bits per heavy atom. The summed E-state index contributed by atoms with van der Waals surface area (Å²) in [5.41, 5.74) is 5.42. The maximum Gasteiger partial charge on any atom is 0.472 e. The van der Waals surface area contributed by atoms with Gasteiger partial charge in [0.25, 0.3) is 0 Å². The summed E-state index contributed by atoms with van der Waals surface area (Å²) in [6.07, 6.45) is 123. The van der Waals surface area contributed by atoms with E-state index in [0.717, 1.165) is 116 Å². The molecule has 0 bridgehead atoms. The highest BCUT2D eigenvalue weighted by atomic mass is 31.2. The lowest BCUT2D eigenvalue weighted by Crippen LogP contribution is -2.29. The molecule has 0 saturated heterocycles. The first-order valence-electron chi connectivity index (χ1n) is 42.3. The van der Waals surface area contributed by atoms with E-state index in [-0.39, 0.29) is 38.6 Å². The summed E-state index contributed by atoms with van der Waals surface area (Å²) in [6, 6.07) is 0. The minimum Gasteiger partial charge on any atom is -0.462 e. The average molecular weight is 1430 g/mol. The number of phosphoric ester groups is 1. The number of hydrogen-bond donors (Lipinski definition) is 2. The summed E-state index contributed by atoms with van der Waals surface area (Å²) in [5.74, 6) is -0.822. The Morgan fingerprint density at radius 3 is 0.812 bits per heavy atom. The first kappa shape index (κ1) is 96.9. The number of allylic oxidation sites excluding steroid dienone is 24. The molecule has 0 aromatic carbocycles. The zero-order chi connectivity index (χ0) is 72.9. The number of carbonyl (C=O) groups is 2. The Hall–Kier alpha value is -4.11. The lowest BCUT2D eigenvalue weighted by molar-refractivity contribution is -0.161. The van der Waals surface area contributed by atoms with Gasteiger partial charge in [-0.05, 0) is 122 Å². The van der Waals surface area contributed by atoms with E-state index in [0.29, 0.717) is 6.42 Å². The van der Waals surface area contributed by atoms with Gasteiger partial charge in [-0.2, -0.15) is 0 Å². The van der Waals surface area contributed by atoms with E-state index in [1.165, 1.54) is 238 Å². The number of nitrogens with two attached hydrogens (primary N) is 1. The van der Waals surface area contributed by atoms with Crippen LogP contribution in [0.4, 0.5) is 0 Å². The van der Waals surface area contributed by atoms with Gasteiger partial charge in [0.05, 0.1) is 13.2 Å². The third-order valence-corrected chi connectivity index (χ3v) is 19.2. The van der Waals surface area contributed by atoms with Gasteiger partial charge in [0.15, 0.2) is 6.10 Å². The standard InChI is InChI=1S/C91H158NO8P/c1-3-5-7-9-11-13-15-17-19-21-23-25-27-29-31-33-35-37-39-41-43-44-46-47-49-51-53-55-57-59-61-63-65-67-69-71-73-75-77-79-81-83-90(93)97-87-89(88-99-101(95,96)98-86-85-92)100-91(94)84-82-80-78-76-74-72-70-68-66-64-62-60-58-56-54-52-50-48-45-42-40-38-36-34-32-30-28-26-24-22-20-18-16-14-12-10-8-6-4-2/h6,8,12,14-15,17-18,20-21,23-24,26-27,29-30,32,36,38,42,45,50,52,56,58,89H,3-5,7,9-11,13,16,19,22,25,28,31,33-35,37,39-41,43-44,46-49,51,53-55,57,59-88,92H2,1-2H3,(H,95,96)/b8-6-,14-12-,17-15-,20-18-,23-21-,26-24-,29-27-,32-30-,38-36-,45-42-,52-50-,58-56-. The number of carbonyl (C=O) groups excluding carboxylic acids is 2. The molecule has 0 aliphatic carbocycles. The van der Waals surface area contributed by atoms with Gasteiger partial charge in [-0.1, -0.05) is 397 Å². The molecule has 0 spiro atoms. The van der Waals surface area contributed by atoms with E-state index in [2.05, 4.69) is 160 Å². The minimum absolute atomic E-state index is 0.0491. The molecule has 3 N–H and O–H groups in total. The SMILES string of the molecule is CC/C=C\C/C=C\C/C=C\C/C=C\C/C=C\C/C=C\C/C=C\C/C=C\C/C=C\CCCCCCCCCCCCCC(=O)OC(COC(=O)CCCCCCCCCCCCCCCCCCCCCCCCCCCC/C=C\C/C=C\C/C=C\CCCCCCC)COP(=O)(O)OCCN. The van der Waals surface area contributed by atoms with Crippen molar-refractivity contribution in [2.24, 2.45) is 5.73 Å². The number of phosphoric acid groups is 1. The van der Waals surface area contributed by atoms with Gasteiger partial charge in [-0.15, -0.1) is 0 Å². The van der Waals surface area contributed by atoms with Crippen molar-refractivity contribution < 1.29 is 37.6 Å². The molecule has 0 radical (unpaired) electrons. The topological polar surface area (TPSA) is 134 Å². The van der Waals surface area contributed by atoms with E-state index in [1.807, 2.05) is 0 Å². The first-order valence-corrected chi connectivity index (χ1v) is 43.8. The monoisotopic (exact) mass is 1420 g/mol. The molecule has 0 saturated carbocycles. The predicted octanol–water partition coefficient (Wildman–Crippen LogP) is 28.9. The summed E-state index contributed by atoms with van der Waals surface area (Å²) in [6.45, 7) is 3.65. The Bertz CT molecular complexity index is 2180. The van der Waals surface area contributed by atoms with Gasteiger partial charge in [-0.3, -0.25) is 18.6 Å². The highest BCUT2D eigenvalue weighted by molar-refractivity contribution is 7.47. The number of unbranched alkanes of at least 4 members (excludes halogenated alkanes) is 42. The summed E-state index contributed by atoms with van der Waals surface area (Å²) in [7, 11) is -4.41. The van der Waals surface area contributed by atoms with Crippen molar-refractivity contribution in [1.82, 2.24) is 0 Å². The highest BCUT2D eigenvalue weighted by Gasteiger charge is 2.26. The maximum atomic E-state index is 12.8. The lowest BCUT2D eigenvalue weighted by Gasteiger charge is -2.19. The molecule has 0 fully saturated rings. The van der Waals surface area contributed by atoms with Gasteiger partial charge in [0.2, 0.25) is 0 Å². The Kier molecular flexibility index (Phi) is 81.4. The number of hydrogen-bond acceptors (Lipinski definition) is 8. The van der Waals surface area contributed by atoms with E-state index < -0.39 is 26.5 Å². The molecule has 101 heavy (non-hydrogen) atoms. The molecule has 0 heterocycles. The normalized spacial score (nSPS) is 13.6. The average Bonchev–Trinajstić information content (AvgIpc) is 1.01. The van der Waals surface area contributed by atoms with Crippen LogP contribution in [0.3, 0.4) is 0 Å². The molecular weight excluding hydrogens is 1270 g/mol. The van der Waals surface area contributed by atoms with Crippen molar-refractivity contribution in [2.45, 2.75) is 392 Å². The van der Waals surface area contributed by atoms with E-state index in [9.17, 15) is 19.0 Å². The van der Waals surface area contributed by atoms with Gasteiger partial charge < -0.3 is 20.1 Å². The molecule has 0 aliphatic heterocycles. The molecule has 0 amide bonds. The van der Waals surface area contributed by atoms with Crippen LogP contribution in [-0.2, 0) is 32.7 Å². The van der Waals surface area contributed by atoms with Crippen LogP contribution in [0.25, 0.3) is 0 Å². The molecule has 0 aromatic heterocycles. The molecule has 0 rings (SSSR count). The smallest absolute Gasteiger partial charge is 0.462 e. The lowest BCUT2D eigenvalue weighted by atomic mass is 10.0. The van der Waals surface area contributed by atoms with Gasteiger partial charge in [0.1, 0.15) is 6.61 Å². The molecule has 0 aromatic rings. The Labute approximate surface area is 624 Å². The number of rotatable bonds is 79. The van der Waals surface area contributed by atoms with Crippen LogP contribution in [0, 0.1) is 0 Å². The van der Waals surface area contributed by atoms with Crippen molar-refractivity contribution in [3.8, 4) is 0 Å². The zero-order valence-electron chi connectivity index (χ0n) is 65.6. The van der Waals surface area contributed by atoms with Crippen LogP contribution in [0.2, 0.25) is 0 Å². The summed E-state index contributed by atoms with van der Waals surface area (Å²) in [4.78, 5) is 35.5. The van der Waals surface area contributed by atoms with Gasteiger partial charge in [0, 0.05) is 19.4 Å². The van der Waals surface area contributed by atoms with Gasteiger partial charge in [-0.25, -0.2) is 4.57 Å². The highest BCUT2D eigenvalue weighted by Crippen LogP contribution is 2.43. The van der Waals surface area contributed by atoms with Crippen molar-refractivity contribution in [2.75, 3.05) is 26.4 Å².